The zero-order chi connectivity index (χ0) is 22.7. The first kappa shape index (κ1) is 22.9. The standard InChI is InChI=1S/C25H36N2O6/c1-29-19-4-2-5-20(19)32-21-6-3-7-22-23(21)24(26-33-22)31-16-18-8-12-27(13-9-18)17-25(28)10-14-30-15-11-25/h3,6-7,18-20,28H,2,4-5,8-17H2,1H3/t19-,20-/m0/s1. The summed E-state index contributed by atoms with van der Waals surface area (Å²) in [6, 6.07) is 5.77. The molecule has 8 nitrogen and oxygen atoms in total. The van der Waals surface area contributed by atoms with E-state index in [1.165, 1.54) is 0 Å². The summed E-state index contributed by atoms with van der Waals surface area (Å²) < 4.78 is 29.0. The number of nitrogens with zero attached hydrogens (tertiary/aromatic N) is 2. The van der Waals surface area contributed by atoms with E-state index < -0.39 is 5.60 Å². The monoisotopic (exact) mass is 460 g/mol. The smallest absolute Gasteiger partial charge is 0.265 e. The van der Waals surface area contributed by atoms with E-state index in [4.69, 9.17) is 23.5 Å². The highest BCUT2D eigenvalue weighted by molar-refractivity contribution is 5.88. The summed E-state index contributed by atoms with van der Waals surface area (Å²) in [5.41, 5.74) is 0.0765. The Kier molecular flexibility index (Phi) is 7.06. The topological polar surface area (TPSA) is 86.4 Å². The largest absolute Gasteiger partial charge is 0.487 e. The highest BCUT2D eigenvalue weighted by Crippen LogP contribution is 2.37. The Hall–Kier alpha value is -1.87. The van der Waals surface area contributed by atoms with Crippen molar-refractivity contribution in [3.05, 3.63) is 18.2 Å². The Morgan fingerprint density at radius 3 is 2.70 bits per heavy atom. The van der Waals surface area contributed by atoms with Gasteiger partial charge in [0.2, 0.25) is 0 Å². The fourth-order valence-electron chi connectivity index (χ4n) is 5.42. The van der Waals surface area contributed by atoms with Crippen molar-refractivity contribution in [1.29, 1.82) is 0 Å². The van der Waals surface area contributed by atoms with Crippen LogP contribution < -0.4 is 9.47 Å². The van der Waals surface area contributed by atoms with Gasteiger partial charge in [0.1, 0.15) is 17.2 Å². The highest BCUT2D eigenvalue weighted by atomic mass is 16.6. The number of piperidine rings is 1. The molecule has 182 valence electrons. The minimum absolute atomic E-state index is 0.0400. The lowest BCUT2D eigenvalue weighted by molar-refractivity contribution is -0.0834. The lowest BCUT2D eigenvalue weighted by atomic mass is 9.91. The first-order valence-electron chi connectivity index (χ1n) is 12.4. The van der Waals surface area contributed by atoms with Crippen LogP contribution >= 0.6 is 0 Å². The van der Waals surface area contributed by atoms with Crippen LogP contribution in [0.15, 0.2) is 22.7 Å². The zero-order valence-electron chi connectivity index (χ0n) is 19.5. The number of aromatic nitrogens is 1. The van der Waals surface area contributed by atoms with Crippen molar-refractivity contribution in [2.75, 3.05) is 46.6 Å². The van der Waals surface area contributed by atoms with Crippen LogP contribution in [0.25, 0.3) is 11.0 Å². The molecule has 3 fully saturated rings. The molecule has 1 saturated carbocycles. The van der Waals surface area contributed by atoms with Crippen molar-refractivity contribution in [2.24, 2.45) is 5.92 Å². The predicted molar refractivity (Wildman–Crippen MR) is 123 cm³/mol. The fraction of sp³-hybridized carbons (Fsp3) is 0.720. The third-order valence-corrected chi connectivity index (χ3v) is 7.51. The summed E-state index contributed by atoms with van der Waals surface area (Å²) in [6.45, 7) is 4.61. The van der Waals surface area contributed by atoms with E-state index in [1.807, 2.05) is 18.2 Å². The van der Waals surface area contributed by atoms with Gasteiger partial charge in [-0.1, -0.05) is 6.07 Å². The summed E-state index contributed by atoms with van der Waals surface area (Å²) in [6.07, 6.45) is 6.82. The molecule has 2 aromatic rings. The van der Waals surface area contributed by atoms with Crippen molar-refractivity contribution in [3.8, 4) is 11.6 Å². The maximum absolute atomic E-state index is 10.8. The molecule has 0 spiro atoms. The summed E-state index contributed by atoms with van der Waals surface area (Å²) in [7, 11) is 1.75. The Morgan fingerprint density at radius 2 is 1.91 bits per heavy atom. The van der Waals surface area contributed by atoms with Crippen molar-refractivity contribution in [1.82, 2.24) is 10.1 Å². The summed E-state index contributed by atoms with van der Waals surface area (Å²) in [5, 5.41) is 15.8. The molecule has 3 aliphatic rings. The predicted octanol–water partition coefficient (Wildman–Crippen LogP) is 3.41. The van der Waals surface area contributed by atoms with Crippen LogP contribution in [0.4, 0.5) is 0 Å². The second-order valence-electron chi connectivity index (χ2n) is 9.85. The van der Waals surface area contributed by atoms with Crippen LogP contribution in [-0.2, 0) is 9.47 Å². The molecule has 33 heavy (non-hydrogen) atoms. The average Bonchev–Trinajstić information content (AvgIpc) is 3.46. The fourth-order valence-corrected chi connectivity index (χ4v) is 5.42. The third kappa shape index (κ3) is 5.29. The zero-order valence-corrected chi connectivity index (χ0v) is 19.5. The lowest BCUT2D eigenvalue weighted by Gasteiger charge is -2.39. The van der Waals surface area contributed by atoms with E-state index in [0.717, 1.165) is 75.7 Å². The quantitative estimate of drug-likeness (QED) is 0.642. The molecule has 0 bridgehead atoms. The molecule has 5 rings (SSSR count). The number of rotatable bonds is 8. The molecule has 3 heterocycles. The van der Waals surface area contributed by atoms with E-state index >= 15 is 0 Å². The number of likely N-dealkylation sites (tertiary alicyclic amines) is 1. The molecular weight excluding hydrogens is 424 g/mol. The number of fused-ring (bicyclic) bond motifs is 1. The van der Waals surface area contributed by atoms with Crippen LogP contribution in [0.3, 0.4) is 0 Å². The van der Waals surface area contributed by atoms with Gasteiger partial charge in [-0.3, -0.25) is 0 Å². The Balaban J connectivity index is 1.17. The van der Waals surface area contributed by atoms with Gasteiger partial charge in [0.25, 0.3) is 5.88 Å². The van der Waals surface area contributed by atoms with Crippen LogP contribution in [0.5, 0.6) is 11.6 Å². The number of methoxy groups -OCH3 is 1. The van der Waals surface area contributed by atoms with Crippen molar-refractivity contribution in [3.63, 3.8) is 0 Å². The van der Waals surface area contributed by atoms with E-state index in [1.54, 1.807) is 7.11 Å². The number of benzene rings is 1. The Bertz CT molecular complexity index is 903. The maximum Gasteiger partial charge on any atom is 0.265 e. The molecule has 1 aromatic heterocycles. The van der Waals surface area contributed by atoms with E-state index in [0.29, 0.717) is 37.2 Å². The Morgan fingerprint density at radius 1 is 1.12 bits per heavy atom. The maximum atomic E-state index is 10.8. The number of hydrogen-bond acceptors (Lipinski definition) is 8. The second-order valence-corrected chi connectivity index (χ2v) is 9.85. The van der Waals surface area contributed by atoms with E-state index in [9.17, 15) is 5.11 Å². The molecule has 2 saturated heterocycles. The van der Waals surface area contributed by atoms with Gasteiger partial charge in [0, 0.05) is 39.7 Å². The molecule has 0 amide bonds. The summed E-state index contributed by atoms with van der Waals surface area (Å²) in [4.78, 5) is 2.38. The van der Waals surface area contributed by atoms with Gasteiger partial charge < -0.3 is 33.5 Å². The molecular formula is C25H36N2O6. The van der Waals surface area contributed by atoms with Crippen LogP contribution in [0, 0.1) is 5.92 Å². The first-order chi connectivity index (χ1) is 16.1. The molecule has 8 heteroatoms. The third-order valence-electron chi connectivity index (χ3n) is 7.51. The normalized spacial score (nSPS) is 26.6. The van der Waals surface area contributed by atoms with Gasteiger partial charge >= 0.3 is 0 Å². The van der Waals surface area contributed by atoms with Gasteiger partial charge in [-0.05, 0) is 68.4 Å². The molecule has 1 aliphatic carbocycles. The van der Waals surface area contributed by atoms with E-state index in [-0.39, 0.29) is 12.2 Å². The van der Waals surface area contributed by atoms with Gasteiger partial charge in [-0.2, -0.15) is 0 Å². The number of β-amino-alcohol motifs (C(OH)–C–C–N with tert-alkyl or cyclic N) is 1. The van der Waals surface area contributed by atoms with Crippen LogP contribution in [-0.4, -0.2) is 79.5 Å². The van der Waals surface area contributed by atoms with Crippen LogP contribution in [0.1, 0.15) is 44.9 Å². The number of hydrogen-bond donors (Lipinski definition) is 1. The highest BCUT2D eigenvalue weighted by Gasteiger charge is 2.34. The molecule has 1 N–H and O–H groups in total. The minimum Gasteiger partial charge on any atom is -0.487 e. The lowest BCUT2D eigenvalue weighted by Crippen LogP contribution is -2.49. The molecule has 0 radical (unpaired) electrons. The van der Waals surface area contributed by atoms with Crippen LogP contribution in [0.2, 0.25) is 0 Å². The second kappa shape index (κ2) is 10.2. The van der Waals surface area contributed by atoms with E-state index in [2.05, 4.69) is 10.1 Å². The summed E-state index contributed by atoms with van der Waals surface area (Å²) in [5.74, 6) is 1.71. The minimum atomic E-state index is -0.598. The Labute approximate surface area is 195 Å². The molecule has 1 aromatic carbocycles. The van der Waals surface area contributed by atoms with Gasteiger partial charge in [-0.25, -0.2) is 0 Å². The number of ether oxygens (including phenoxy) is 4. The van der Waals surface area contributed by atoms with Gasteiger partial charge in [0.15, 0.2) is 5.58 Å². The average molecular weight is 461 g/mol. The van der Waals surface area contributed by atoms with Gasteiger partial charge in [-0.15, -0.1) is 0 Å². The van der Waals surface area contributed by atoms with Crippen molar-refractivity contribution >= 4 is 11.0 Å². The number of aliphatic hydroxyl groups is 1. The van der Waals surface area contributed by atoms with Gasteiger partial charge in [0.05, 0.1) is 18.3 Å². The molecule has 2 aliphatic heterocycles. The molecule has 2 atom stereocenters. The molecule has 0 unspecified atom stereocenters. The van der Waals surface area contributed by atoms with Crippen molar-refractivity contribution < 1.29 is 28.6 Å². The first-order valence-corrected chi connectivity index (χ1v) is 12.4. The van der Waals surface area contributed by atoms with Crippen molar-refractivity contribution in [2.45, 2.75) is 62.8 Å². The summed E-state index contributed by atoms with van der Waals surface area (Å²) >= 11 is 0. The SMILES string of the molecule is CO[C@H]1CCC[C@@H]1Oc1cccc2onc(OCC3CCN(CC4(O)CCOCC4)CC3)c12.